The first-order chi connectivity index (χ1) is 8.41. The molecule has 0 aliphatic carbocycles. The van der Waals surface area contributed by atoms with E-state index in [1.807, 2.05) is 18.2 Å². The molecule has 0 saturated carbocycles. The summed E-state index contributed by atoms with van der Waals surface area (Å²) in [7, 11) is 0. The first-order valence-corrected chi connectivity index (χ1v) is 6.88. The van der Waals surface area contributed by atoms with Gasteiger partial charge in [-0.05, 0) is 47.3 Å². The van der Waals surface area contributed by atoms with Crippen LogP contribution in [0.4, 0.5) is 5.69 Å². The Morgan fingerprint density at radius 2 is 2.17 bits per heavy atom. The lowest BCUT2D eigenvalue weighted by Crippen LogP contribution is -2.43. The third kappa shape index (κ3) is 3.72. The number of nitrogens with one attached hydrogen (secondary N) is 1. The zero-order chi connectivity index (χ0) is 13.8. The van der Waals surface area contributed by atoms with Gasteiger partial charge in [0, 0.05) is 16.6 Å². The average molecular weight is 310 g/mol. The van der Waals surface area contributed by atoms with Crippen LogP contribution in [0.2, 0.25) is 0 Å². The monoisotopic (exact) mass is 309 g/mol. The second-order valence-corrected chi connectivity index (χ2v) is 6.12. The molecule has 0 amide bonds. The van der Waals surface area contributed by atoms with Gasteiger partial charge in [0.2, 0.25) is 0 Å². The van der Waals surface area contributed by atoms with Gasteiger partial charge < -0.3 is 11.1 Å². The van der Waals surface area contributed by atoms with Gasteiger partial charge in [-0.25, -0.2) is 0 Å². The lowest BCUT2D eigenvalue weighted by atomic mass is 9.90. The Labute approximate surface area is 118 Å². The molecule has 0 aliphatic rings. The van der Waals surface area contributed by atoms with Crippen LogP contribution in [0.25, 0.3) is 0 Å². The molecule has 3 N–H and O–H groups in total. The van der Waals surface area contributed by atoms with Crippen molar-refractivity contribution in [3.8, 4) is 6.07 Å². The summed E-state index contributed by atoms with van der Waals surface area (Å²) in [6.07, 6.45) is 0.959. The van der Waals surface area contributed by atoms with E-state index in [2.05, 4.69) is 48.1 Å². The van der Waals surface area contributed by atoms with Crippen LogP contribution in [0.15, 0.2) is 22.7 Å². The number of anilines is 1. The van der Waals surface area contributed by atoms with Crippen molar-refractivity contribution in [2.24, 2.45) is 11.7 Å². The molecule has 1 aromatic rings. The van der Waals surface area contributed by atoms with Crippen molar-refractivity contribution in [1.82, 2.24) is 0 Å². The smallest absolute Gasteiger partial charge is 0.103 e. The number of nitriles is 1. The highest BCUT2D eigenvalue weighted by Crippen LogP contribution is 2.28. The van der Waals surface area contributed by atoms with Gasteiger partial charge in [0.25, 0.3) is 0 Å². The summed E-state index contributed by atoms with van der Waals surface area (Å²) in [6, 6.07) is 7.91. The number of hydrogen-bond donors (Lipinski definition) is 2. The molecule has 98 valence electrons. The van der Waals surface area contributed by atoms with Crippen molar-refractivity contribution in [3.05, 3.63) is 28.2 Å². The average Bonchev–Trinajstić information content (AvgIpc) is 2.28. The zero-order valence-corrected chi connectivity index (χ0v) is 12.7. The maximum atomic E-state index is 9.20. The molecule has 1 rings (SSSR count). The topological polar surface area (TPSA) is 61.8 Å². The highest BCUT2D eigenvalue weighted by Gasteiger charge is 2.24. The molecular formula is C14H20BrN3. The van der Waals surface area contributed by atoms with Gasteiger partial charge >= 0.3 is 0 Å². The molecule has 1 aromatic carbocycles. The van der Waals surface area contributed by atoms with E-state index in [0.29, 0.717) is 18.0 Å². The Morgan fingerprint density at radius 3 is 2.67 bits per heavy atom. The normalized spacial score (nSPS) is 14.1. The minimum atomic E-state index is -0.194. The second-order valence-electron chi connectivity index (χ2n) is 5.26. The predicted molar refractivity (Wildman–Crippen MR) is 79.4 cm³/mol. The molecule has 0 spiro atoms. The van der Waals surface area contributed by atoms with Crippen molar-refractivity contribution in [1.29, 1.82) is 5.26 Å². The molecule has 0 aliphatic heterocycles. The fourth-order valence-corrected chi connectivity index (χ4v) is 2.61. The Bertz CT molecular complexity index is 451. The van der Waals surface area contributed by atoms with E-state index in [9.17, 15) is 5.26 Å². The van der Waals surface area contributed by atoms with Gasteiger partial charge in [-0.1, -0.05) is 19.9 Å². The summed E-state index contributed by atoms with van der Waals surface area (Å²) < 4.78 is 0.805. The summed E-state index contributed by atoms with van der Waals surface area (Å²) in [6.45, 7) is 6.96. The van der Waals surface area contributed by atoms with Crippen LogP contribution < -0.4 is 11.1 Å². The predicted octanol–water partition coefficient (Wildman–Crippen LogP) is 3.50. The highest BCUT2D eigenvalue weighted by molar-refractivity contribution is 9.10. The molecule has 0 radical (unpaired) electrons. The van der Waals surface area contributed by atoms with Gasteiger partial charge in [-0.15, -0.1) is 0 Å². The molecule has 3 nitrogen and oxygen atoms in total. The minimum absolute atomic E-state index is 0.194. The van der Waals surface area contributed by atoms with Gasteiger partial charge in [-0.2, -0.15) is 5.26 Å². The molecule has 1 unspecified atom stereocenters. The number of nitrogens with two attached hydrogens (primary N) is 1. The van der Waals surface area contributed by atoms with Crippen molar-refractivity contribution < 1.29 is 0 Å². The number of halogens is 1. The Hall–Kier alpha value is -1.05. The molecule has 0 heterocycles. The van der Waals surface area contributed by atoms with E-state index in [1.165, 1.54) is 0 Å². The fraction of sp³-hybridized carbons (Fsp3) is 0.500. The second kappa shape index (κ2) is 6.21. The van der Waals surface area contributed by atoms with Crippen LogP contribution in [0.3, 0.4) is 0 Å². The maximum Gasteiger partial charge on any atom is 0.103 e. The standard InChI is InChI=1S/C14H20BrN3/c1-10(2)7-14(3,9-17)18-13-6-4-5-12(15)11(13)8-16/h4-6,10,18H,7,9,17H2,1-3H3. The van der Waals surface area contributed by atoms with Gasteiger partial charge in [-0.3, -0.25) is 0 Å². The fourth-order valence-electron chi connectivity index (χ4n) is 2.15. The molecule has 0 bridgehead atoms. The summed E-state index contributed by atoms with van der Waals surface area (Å²) in [5, 5.41) is 12.6. The Morgan fingerprint density at radius 1 is 1.50 bits per heavy atom. The van der Waals surface area contributed by atoms with Gasteiger partial charge in [0.15, 0.2) is 0 Å². The van der Waals surface area contributed by atoms with E-state index in [-0.39, 0.29) is 5.54 Å². The maximum absolute atomic E-state index is 9.20. The minimum Gasteiger partial charge on any atom is -0.377 e. The van der Waals surface area contributed by atoms with Crippen LogP contribution in [0.1, 0.15) is 32.8 Å². The molecule has 0 fully saturated rings. The number of nitrogens with zero attached hydrogens (tertiary/aromatic N) is 1. The summed E-state index contributed by atoms with van der Waals surface area (Å²) in [4.78, 5) is 0. The van der Waals surface area contributed by atoms with Crippen LogP contribution in [-0.2, 0) is 0 Å². The van der Waals surface area contributed by atoms with Crippen LogP contribution in [-0.4, -0.2) is 12.1 Å². The van der Waals surface area contributed by atoms with Crippen molar-refractivity contribution in [3.63, 3.8) is 0 Å². The summed E-state index contributed by atoms with van der Waals surface area (Å²) in [5.74, 6) is 0.545. The molecule has 1 atom stereocenters. The quantitative estimate of drug-likeness (QED) is 0.875. The van der Waals surface area contributed by atoms with E-state index < -0.39 is 0 Å². The third-order valence-corrected chi connectivity index (χ3v) is 3.53. The van der Waals surface area contributed by atoms with Crippen molar-refractivity contribution >= 4 is 21.6 Å². The van der Waals surface area contributed by atoms with E-state index in [0.717, 1.165) is 16.6 Å². The van der Waals surface area contributed by atoms with Crippen LogP contribution in [0.5, 0.6) is 0 Å². The molecule has 0 aromatic heterocycles. The zero-order valence-electron chi connectivity index (χ0n) is 11.1. The lowest BCUT2D eigenvalue weighted by Gasteiger charge is -2.32. The van der Waals surface area contributed by atoms with Gasteiger partial charge in [0.05, 0.1) is 11.3 Å². The molecule has 18 heavy (non-hydrogen) atoms. The highest BCUT2D eigenvalue weighted by atomic mass is 79.9. The van der Waals surface area contributed by atoms with Crippen LogP contribution >= 0.6 is 15.9 Å². The Balaban J connectivity index is 3.02. The van der Waals surface area contributed by atoms with E-state index in [4.69, 9.17) is 5.73 Å². The lowest BCUT2D eigenvalue weighted by molar-refractivity contribution is 0.407. The molecule has 0 saturated heterocycles. The van der Waals surface area contributed by atoms with Crippen molar-refractivity contribution in [2.45, 2.75) is 32.7 Å². The first kappa shape index (κ1) is 15.0. The summed E-state index contributed by atoms with van der Waals surface area (Å²) in [5.41, 5.74) is 7.14. The SMILES string of the molecule is CC(C)CC(C)(CN)Nc1cccc(Br)c1C#N. The Kier molecular flexibility index (Phi) is 5.18. The number of hydrogen-bond acceptors (Lipinski definition) is 3. The largest absolute Gasteiger partial charge is 0.377 e. The molecular weight excluding hydrogens is 290 g/mol. The first-order valence-electron chi connectivity index (χ1n) is 6.08. The van der Waals surface area contributed by atoms with E-state index >= 15 is 0 Å². The number of rotatable bonds is 5. The summed E-state index contributed by atoms with van der Waals surface area (Å²) >= 11 is 3.39. The molecule has 4 heteroatoms. The van der Waals surface area contributed by atoms with Gasteiger partial charge in [0.1, 0.15) is 6.07 Å². The van der Waals surface area contributed by atoms with Crippen molar-refractivity contribution in [2.75, 3.05) is 11.9 Å². The third-order valence-electron chi connectivity index (χ3n) is 2.87. The van der Waals surface area contributed by atoms with Crippen LogP contribution in [0, 0.1) is 17.2 Å². The van der Waals surface area contributed by atoms with E-state index in [1.54, 1.807) is 0 Å². The number of benzene rings is 1.